The van der Waals surface area contributed by atoms with Crippen LogP contribution in [0, 0.1) is 6.92 Å². The van der Waals surface area contributed by atoms with E-state index in [9.17, 15) is 18.0 Å². The molecule has 2 aromatic rings. The van der Waals surface area contributed by atoms with E-state index in [1.165, 1.54) is 12.1 Å². The van der Waals surface area contributed by atoms with Gasteiger partial charge in [0.15, 0.2) is 0 Å². The number of hydrogen-bond acceptors (Lipinski definition) is 4. The third-order valence-electron chi connectivity index (χ3n) is 3.49. The molecule has 2 amide bonds. The molecule has 0 aliphatic carbocycles. The van der Waals surface area contributed by atoms with E-state index in [1.807, 2.05) is 0 Å². The maximum atomic E-state index is 12.1. The van der Waals surface area contributed by atoms with Gasteiger partial charge >= 0.3 is 0 Å². The van der Waals surface area contributed by atoms with Gasteiger partial charge in [-0.1, -0.05) is 35.9 Å². The van der Waals surface area contributed by atoms with Crippen molar-refractivity contribution in [3.05, 3.63) is 64.7 Å². The van der Waals surface area contributed by atoms with Crippen molar-refractivity contribution < 1.29 is 18.0 Å². The Bertz CT molecular complexity index is 931. The molecule has 0 bridgehead atoms. The van der Waals surface area contributed by atoms with E-state index in [-0.39, 0.29) is 5.69 Å². The van der Waals surface area contributed by atoms with E-state index in [2.05, 4.69) is 10.9 Å². The first kappa shape index (κ1) is 19.7. The smallest absolute Gasteiger partial charge is 0.269 e. The number of aryl methyl sites for hydroxylation is 1. The minimum atomic E-state index is -3.73. The van der Waals surface area contributed by atoms with Gasteiger partial charge in [0, 0.05) is 10.6 Å². The van der Waals surface area contributed by atoms with E-state index >= 15 is 0 Å². The first-order valence-corrected chi connectivity index (χ1v) is 9.79. The summed E-state index contributed by atoms with van der Waals surface area (Å²) in [5.74, 6) is -1.19. The molecule has 0 saturated carbocycles. The molecule has 7 nitrogen and oxygen atoms in total. The monoisotopic (exact) mass is 395 g/mol. The average molecular weight is 396 g/mol. The molecule has 2 rings (SSSR count). The van der Waals surface area contributed by atoms with Gasteiger partial charge in [0.1, 0.15) is 6.54 Å². The molecule has 2 N–H and O–H groups in total. The number of benzene rings is 2. The minimum absolute atomic E-state index is 0.250. The fourth-order valence-electron chi connectivity index (χ4n) is 2.22. The van der Waals surface area contributed by atoms with Crippen LogP contribution < -0.4 is 15.2 Å². The number of carbonyl (C=O) groups is 2. The van der Waals surface area contributed by atoms with Crippen LogP contribution in [0.3, 0.4) is 0 Å². The zero-order valence-corrected chi connectivity index (χ0v) is 15.8. The molecule has 0 saturated heterocycles. The normalized spacial score (nSPS) is 10.9. The SMILES string of the molecule is Cc1ccccc1C(=O)NNC(=O)CN(c1cccc(Cl)c1)S(C)(=O)=O. The summed E-state index contributed by atoms with van der Waals surface area (Å²) < 4.78 is 24.9. The molecular formula is C17H18ClN3O4S. The van der Waals surface area contributed by atoms with Crippen LogP contribution in [0.5, 0.6) is 0 Å². The molecule has 0 aromatic heterocycles. The van der Waals surface area contributed by atoms with Crippen molar-refractivity contribution in [2.24, 2.45) is 0 Å². The maximum absolute atomic E-state index is 12.1. The third-order valence-corrected chi connectivity index (χ3v) is 4.86. The van der Waals surface area contributed by atoms with Crippen molar-refractivity contribution >= 4 is 39.1 Å². The second kappa shape index (κ2) is 8.20. The van der Waals surface area contributed by atoms with Crippen molar-refractivity contribution in [2.45, 2.75) is 6.92 Å². The summed E-state index contributed by atoms with van der Waals surface area (Å²) in [5.41, 5.74) is 5.89. The highest BCUT2D eigenvalue weighted by molar-refractivity contribution is 7.92. The predicted octanol–water partition coefficient (Wildman–Crippen LogP) is 1.88. The van der Waals surface area contributed by atoms with Crippen LogP contribution in [0.4, 0.5) is 5.69 Å². The van der Waals surface area contributed by atoms with E-state index in [0.717, 1.165) is 16.1 Å². The lowest BCUT2D eigenvalue weighted by Crippen LogP contribution is -2.47. The predicted molar refractivity (Wildman–Crippen MR) is 100 cm³/mol. The quantitative estimate of drug-likeness (QED) is 0.755. The number of rotatable bonds is 5. The zero-order chi connectivity index (χ0) is 19.3. The Labute approximate surface area is 157 Å². The van der Waals surface area contributed by atoms with Crippen molar-refractivity contribution in [1.29, 1.82) is 0 Å². The molecule has 0 aliphatic heterocycles. The van der Waals surface area contributed by atoms with Gasteiger partial charge in [0.2, 0.25) is 10.0 Å². The van der Waals surface area contributed by atoms with Gasteiger partial charge in [-0.05, 0) is 36.8 Å². The highest BCUT2D eigenvalue weighted by atomic mass is 35.5. The van der Waals surface area contributed by atoms with Crippen LogP contribution in [-0.4, -0.2) is 33.0 Å². The lowest BCUT2D eigenvalue weighted by Gasteiger charge is -2.22. The summed E-state index contributed by atoms with van der Waals surface area (Å²) in [6.07, 6.45) is 0.979. The topological polar surface area (TPSA) is 95.6 Å². The summed E-state index contributed by atoms with van der Waals surface area (Å²) in [7, 11) is -3.73. The highest BCUT2D eigenvalue weighted by Crippen LogP contribution is 2.21. The van der Waals surface area contributed by atoms with Gasteiger partial charge in [0.25, 0.3) is 11.8 Å². The fraction of sp³-hybridized carbons (Fsp3) is 0.176. The molecule has 0 atom stereocenters. The fourth-order valence-corrected chi connectivity index (χ4v) is 3.26. The van der Waals surface area contributed by atoms with Crippen molar-refractivity contribution in [3.63, 3.8) is 0 Å². The summed E-state index contributed by atoms with van der Waals surface area (Å²) >= 11 is 5.88. The molecule has 2 aromatic carbocycles. The Hall–Kier alpha value is -2.58. The number of hydrogen-bond donors (Lipinski definition) is 2. The molecule has 0 spiro atoms. The number of nitrogens with one attached hydrogen (secondary N) is 2. The lowest BCUT2D eigenvalue weighted by atomic mass is 10.1. The third kappa shape index (κ3) is 5.21. The molecule has 0 radical (unpaired) electrons. The maximum Gasteiger partial charge on any atom is 0.269 e. The second-order valence-electron chi connectivity index (χ2n) is 5.57. The molecule has 26 heavy (non-hydrogen) atoms. The first-order valence-electron chi connectivity index (χ1n) is 7.56. The highest BCUT2D eigenvalue weighted by Gasteiger charge is 2.21. The molecule has 0 aliphatic rings. The lowest BCUT2D eigenvalue weighted by molar-refractivity contribution is -0.120. The molecule has 138 valence electrons. The Kier molecular flexibility index (Phi) is 6.23. The zero-order valence-electron chi connectivity index (χ0n) is 14.2. The molecule has 0 heterocycles. The average Bonchev–Trinajstić information content (AvgIpc) is 2.57. The van der Waals surface area contributed by atoms with E-state index < -0.39 is 28.4 Å². The van der Waals surface area contributed by atoms with Crippen molar-refractivity contribution in [2.75, 3.05) is 17.1 Å². The summed E-state index contributed by atoms with van der Waals surface area (Å²) in [4.78, 5) is 24.2. The van der Waals surface area contributed by atoms with Gasteiger partial charge in [-0.25, -0.2) is 8.42 Å². The second-order valence-corrected chi connectivity index (χ2v) is 7.91. The van der Waals surface area contributed by atoms with E-state index in [0.29, 0.717) is 10.6 Å². The summed E-state index contributed by atoms with van der Waals surface area (Å²) in [6, 6.07) is 13.0. The number of halogens is 1. The van der Waals surface area contributed by atoms with Crippen molar-refractivity contribution in [1.82, 2.24) is 10.9 Å². The van der Waals surface area contributed by atoms with Crippen LogP contribution in [0.25, 0.3) is 0 Å². The number of amides is 2. The van der Waals surface area contributed by atoms with Crippen LogP contribution in [0.15, 0.2) is 48.5 Å². The molecule has 9 heteroatoms. The van der Waals surface area contributed by atoms with Crippen LogP contribution >= 0.6 is 11.6 Å². The number of sulfonamides is 1. The molecule has 0 fully saturated rings. The van der Waals surface area contributed by atoms with Crippen molar-refractivity contribution in [3.8, 4) is 0 Å². The van der Waals surface area contributed by atoms with Crippen LogP contribution in [-0.2, 0) is 14.8 Å². The Balaban J connectivity index is 2.06. The number of hydrazine groups is 1. The van der Waals surface area contributed by atoms with Gasteiger partial charge in [0.05, 0.1) is 11.9 Å². The van der Waals surface area contributed by atoms with E-state index in [4.69, 9.17) is 11.6 Å². The van der Waals surface area contributed by atoms with Gasteiger partial charge in [-0.15, -0.1) is 0 Å². The standard InChI is InChI=1S/C17H18ClN3O4S/c1-12-6-3-4-9-15(12)17(23)20-19-16(22)11-21(26(2,24)25)14-8-5-7-13(18)10-14/h3-10H,11H2,1-2H3,(H,19,22)(H,20,23). The Morgan fingerprint density at radius 2 is 1.77 bits per heavy atom. The van der Waals surface area contributed by atoms with E-state index in [1.54, 1.807) is 43.3 Å². The number of nitrogens with zero attached hydrogens (tertiary/aromatic N) is 1. The number of carbonyl (C=O) groups excluding carboxylic acids is 2. The Morgan fingerprint density at radius 3 is 2.38 bits per heavy atom. The van der Waals surface area contributed by atoms with Gasteiger partial charge in [-0.2, -0.15) is 0 Å². The van der Waals surface area contributed by atoms with Crippen LogP contribution in [0.2, 0.25) is 5.02 Å². The first-order chi connectivity index (χ1) is 12.2. The molecular weight excluding hydrogens is 378 g/mol. The minimum Gasteiger partial charge on any atom is -0.271 e. The summed E-state index contributed by atoms with van der Waals surface area (Å²) in [6.45, 7) is 1.26. The number of anilines is 1. The largest absolute Gasteiger partial charge is 0.271 e. The van der Waals surface area contributed by atoms with Gasteiger partial charge < -0.3 is 0 Å². The molecule has 0 unspecified atom stereocenters. The van der Waals surface area contributed by atoms with Gasteiger partial charge in [-0.3, -0.25) is 24.7 Å². The summed E-state index contributed by atoms with van der Waals surface area (Å²) in [5, 5.41) is 0.337. The Morgan fingerprint density at radius 1 is 1.08 bits per heavy atom. The van der Waals surface area contributed by atoms with Crippen LogP contribution in [0.1, 0.15) is 15.9 Å².